The van der Waals surface area contributed by atoms with Crippen LogP contribution in [0.3, 0.4) is 0 Å². The first kappa shape index (κ1) is 14.6. The van der Waals surface area contributed by atoms with Crippen LogP contribution in [-0.4, -0.2) is 5.91 Å². The van der Waals surface area contributed by atoms with Crippen molar-refractivity contribution in [1.82, 2.24) is 0 Å². The van der Waals surface area contributed by atoms with Gasteiger partial charge in [-0.1, -0.05) is 28.1 Å². The standard InChI is InChI=1S/C14H9BrF3NO/c15-7-8-1-3-9(4-2-8)14(20)19-12-6-10(16)5-11(17)13(12)18/h1-6H,7H2,(H,19,20). The highest BCUT2D eigenvalue weighted by atomic mass is 79.9. The van der Waals surface area contributed by atoms with Gasteiger partial charge in [-0.05, 0) is 17.7 Å². The van der Waals surface area contributed by atoms with Crippen LogP contribution in [0.1, 0.15) is 15.9 Å². The molecule has 0 bridgehead atoms. The van der Waals surface area contributed by atoms with Crippen molar-refractivity contribution in [1.29, 1.82) is 0 Å². The summed E-state index contributed by atoms with van der Waals surface area (Å²) in [5.74, 6) is -4.25. The summed E-state index contributed by atoms with van der Waals surface area (Å²) in [6, 6.07) is 7.65. The van der Waals surface area contributed by atoms with Crippen molar-refractivity contribution in [2.75, 3.05) is 5.32 Å². The smallest absolute Gasteiger partial charge is 0.255 e. The molecule has 0 saturated heterocycles. The molecule has 0 unspecified atom stereocenters. The molecule has 0 aliphatic carbocycles. The highest BCUT2D eigenvalue weighted by Gasteiger charge is 2.14. The van der Waals surface area contributed by atoms with Gasteiger partial charge < -0.3 is 5.32 Å². The lowest BCUT2D eigenvalue weighted by atomic mass is 10.1. The average molecular weight is 344 g/mol. The molecule has 0 saturated carbocycles. The maximum Gasteiger partial charge on any atom is 0.255 e. The van der Waals surface area contributed by atoms with Gasteiger partial charge in [0.2, 0.25) is 0 Å². The lowest BCUT2D eigenvalue weighted by Gasteiger charge is -2.07. The van der Waals surface area contributed by atoms with Gasteiger partial charge >= 0.3 is 0 Å². The molecule has 2 aromatic carbocycles. The predicted molar refractivity (Wildman–Crippen MR) is 73.3 cm³/mol. The number of carbonyl (C=O) groups is 1. The van der Waals surface area contributed by atoms with Crippen LogP contribution in [0.25, 0.3) is 0 Å². The molecule has 2 rings (SSSR count). The van der Waals surface area contributed by atoms with E-state index >= 15 is 0 Å². The van der Waals surface area contributed by atoms with Crippen molar-refractivity contribution < 1.29 is 18.0 Å². The number of hydrogen-bond acceptors (Lipinski definition) is 1. The zero-order chi connectivity index (χ0) is 14.7. The molecule has 0 atom stereocenters. The summed E-state index contributed by atoms with van der Waals surface area (Å²) in [5, 5.41) is 2.78. The molecule has 0 heterocycles. The Hall–Kier alpha value is -1.82. The molecule has 0 aliphatic heterocycles. The molecule has 20 heavy (non-hydrogen) atoms. The van der Waals surface area contributed by atoms with Gasteiger partial charge in [-0.25, -0.2) is 13.2 Å². The molecule has 2 nitrogen and oxygen atoms in total. The van der Waals surface area contributed by atoms with Crippen molar-refractivity contribution in [3.8, 4) is 0 Å². The van der Waals surface area contributed by atoms with Gasteiger partial charge in [0.15, 0.2) is 11.6 Å². The fourth-order valence-corrected chi connectivity index (χ4v) is 1.96. The minimum Gasteiger partial charge on any atom is -0.319 e. The highest BCUT2D eigenvalue weighted by Crippen LogP contribution is 2.20. The van der Waals surface area contributed by atoms with E-state index in [1.807, 2.05) is 0 Å². The van der Waals surface area contributed by atoms with Crippen LogP contribution in [0.4, 0.5) is 18.9 Å². The van der Waals surface area contributed by atoms with E-state index in [0.29, 0.717) is 11.4 Å². The van der Waals surface area contributed by atoms with E-state index in [9.17, 15) is 18.0 Å². The number of rotatable bonds is 3. The fourth-order valence-electron chi connectivity index (χ4n) is 1.59. The zero-order valence-corrected chi connectivity index (χ0v) is 11.7. The molecule has 6 heteroatoms. The lowest BCUT2D eigenvalue weighted by molar-refractivity contribution is 0.102. The Morgan fingerprint density at radius 1 is 1.10 bits per heavy atom. The molecule has 0 spiro atoms. The highest BCUT2D eigenvalue weighted by molar-refractivity contribution is 9.08. The number of amides is 1. The van der Waals surface area contributed by atoms with Crippen molar-refractivity contribution in [3.63, 3.8) is 0 Å². The van der Waals surface area contributed by atoms with E-state index in [-0.39, 0.29) is 5.56 Å². The zero-order valence-electron chi connectivity index (χ0n) is 10.1. The topological polar surface area (TPSA) is 29.1 Å². The number of halogens is 4. The van der Waals surface area contributed by atoms with E-state index in [0.717, 1.165) is 11.6 Å². The number of nitrogens with one attached hydrogen (secondary N) is 1. The number of benzene rings is 2. The van der Waals surface area contributed by atoms with Gasteiger partial charge in [0.25, 0.3) is 5.91 Å². The molecule has 1 N–H and O–H groups in total. The Balaban J connectivity index is 2.23. The third-order valence-corrected chi connectivity index (χ3v) is 3.26. The van der Waals surface area contributed by atoms with Crippen molar-refractivity contribution >= 4 is 27.5 Å². The first-order chi connectivity index (χ1) is 9.51. The van der Waals surface area contributed by atoms with Crippen molar-refractivity contribution in [3.05, 3.63) is 65.0 Å². The maximum atomic E-state index is 13.4. The SMILES string of the molecule is O=C(Nc1cc(F)cc(F)c1F)c1ccc(CBr)cc1. The van der Waals surface area contributed by atoms with Gasteiger partial charge in [-0.3, -0.25) is 4.79 Å². The summed E-state index contributed by atoms with van der Waals surface area (Å²) in [6.45, 7) is 0. The van der Waals surface area contributed by atoms with Crippen LogP contribution in [0.2, 0.25) is 0 Å². The Morgan fingerprint density at radius 3 is 2.35 bits per heavy atom. The largest absolute Gasteiger partial charge is 0.319 e. The van der Waals surface area contributed by atoms with Crippen LogP contribution in [-0.2, 0) is 5.33 Å². The minimum atomic E-state index is -1.35. The van der Waals surface area contributed by atoms with E-state index in [1.54, 1.807) is 24.3 Å². The Morgan fingerprint density at radius 2 is 1.75 bits per heavy atom. The first-order valence-corrected chi connectivity index (χ1v) is 6.74. The second kappa shape index (κ2) is 6.09. The van der Waals surface area contributed by atoms with Crippen LogP contribution in [0, 0.1) is 17.5 Å². The number of alkyl halides is 1. The van der Waals surface area contributed by atoms with Crippen LogP contribution < -0.4 is 5.32 Å². The summed E-state index contributed by atoms with van der Waals surface area (Å²) in [4.78, 5) is 11.9. The second-order valence-corrected chi connectivity index (χ2v) is 4.59. The van der Waals surface area contributed by atoms with Gasteiger partial charge in [-0.15, -0.1) is 0 Å². The van der Waals surface area contributed by atoms with Gasteiger partial charge in [0, 0.05) is 23.0 Å². The molecular formula is C14H9BrF3NO. The van der Waals surface area contributed by atoms with E-state index < -0.39 is 29.0 Å². The maximum absolute atomic E-state index is 13.4. The summed E-state index contributed by atoms with van der Waals surface area (Å²) in [6.07, 6.45) is 0. The molecule has 0 radical (unpaired) electrons. The van der Waals surface area contributed by atoms with E-state index in [4.69, 9.17) is 0 Å². The molecule has 0 fully saturated rings. The van der Waals surface area contributed by atoms with Crippen LogP contribution >= 0.6 is 15.9 Å². The van der Waals surface area contributed by atoms with E-state index in [1.165, 1.54) is 0 Å². The van der Waals surface area contributed by atoms with Crippen molar-refractivity contribution in [2.24, 2.45) is 0 Å². The molecule has 104 valence electrons. The van der Waals surface area contributed by atoms with Crippen LogP contribution in [0.15, 0.2) is 36.4 Å². The molecular weight excluding hydrogens is 335 g/mol. The molecule has 1 amide bonds. The average Bonchev–Trinajstić information content (AvgIpc) is 2.44. The minimum absolute atomic E-state index is 0.263. The number of anilines is 1. The molecule has 0 aliphatic rings. The Labute approximate surface area is 121 Å². The summed E-state index contributed by atoms with van der Waals surface area (Å²) in [5.41, 5.74) is 0.695. The lowest BCUT2D eigenvalue weighted by Crippen LogP contribution is -2.13. The molecule has 2 aromatic rings. The normalized spacial score (nSPS) is 10.4. The summed E-state index contributed by atoms with van der Waals surface area (Å²) in [7, 11) is 0. The third-order valence-electron chi connectivity index (χ3n) is 2.61. The number of carbonyl (C=O) groups excluding carboxylic acids is 1. The quantitative estimate of drug-likeness (QED) is 0.655. The Kier molecular flexibility index (Phi) is 4.44. The van der Waals surface area contributed by atoms with Gasteiger partial charge in [-0.2, -0.15) is 0 Å². The number of hydrogen-bond donors (Lipinski definition) is 1. The van der Waals surface area contributed by atoms with Gasteiger partial charge in [0.05, 0.1) is 5.69 Å². The summed E-state index contributed by atoms with van der Waals surface area (Å²) >= 11 is 3.26. The molecule has 0 aromatic heterocycles. The second-order valence-electron chi connectivity index (χ2n) is 4.03. The van der Waals surface area contributed by atoms with Crippen LogP contribution in [0.5, 0.6) is 0 Å². The van der Waals surface area contributed by atoms with Gasteiger partial charge in [0.1, 0.15) is 5.82 Å². The predicted octanol–water partition coefficient (Wildman–Crippen LogP) is 4.25. The van der Waals surface area contributed by atoms with Crippen molar-refractivity contribution in [2.45, 2.75) is 5.33 Å². The third kappa shape index (κ3) is 3.19. The Bertz CT molecular complexity index is 644. The fraction of sp³-hybridized carbons (Fsp3) is 0.0714. The summed E-state index contributed by atoms with van der Waals surface area (Å²) < 4.78 is 39.4. The van der Waals surface area contributed by atoms with E-state index in [2.05, 4.69) is 21.2 Å². The first-order valence-electron chi connectivity index (χ1n) is 5.62. The monoisotopic (exact) mass is 343 g/mol.